The summed E-state index contributed by atoms with van der Waals surface area (Å²) in [6.07, 6.45) is 3.26. The van der Waals surface area contributed by atoms with E-state index in [0.717, 1.165) is 0 Å². The SMILES string of the molecule is CC#CCC(C)C(=O)N(C)CO.CC#CCC(C)C(C)=O.CC(CO)NCl.C[CH-]C.[Cl-].[Mg+2]. The van der Waals surface area contributed by atoms with Gasteiger partial charge in [-0.1, -0.05) is 13.8 Å². The predicted molar refractivity (Wildman–Crippen MR) is 132 cm³/mol. The molecule has 6 nitrogen and oxygen atoms in total. The molecule has 0 aliphatic heterocycles. The van der Waals surface area contributed by atoms with Crippen LogP contribution in [0.2, 0.25) is 0 Å². The van der Waals surface area contributed by atoms with Gasteiger partial charge in [-0.2, -0.15) is 13.8 Å². The molecule has 184 valence electrons. The molecule has 32 heavy (non-hydrogen) atoms. The van der Waals surface area contributed by atoms with E-state index in [9.17, 15) is 9.59 Å². The van der Waals surface area contributed by atoms with E-state index in [4.69, 9.17) is 22.0 Å². The molecule has 3 N–H and O–H groups in total. The molecular formula is C23H42Cl2MgN2O4. The van der Waals surface area contributed by atoms with Gasteiger partial charge in [0.2, 0.25) is 5.91 Å². The molecule has 0 aromatic rings. The second-order valence-corrected chi connectivity index (χ2v) is 6.84. The molecule has 0 radical (unpaired) electrons. The molecule has 0 heterocycles. The molecule has 1 amide bonds. The molecule has 0 aliphatic carbocycles. The molecule has 3 unspecified atom stereocenters. The normalized spacial score (nSPS) is 10.8. The zero-order valence-electron chi connectivity index (χ0n) is 21.3. The summed E-state index contributed by atoms with van der Waals surface area (Å²) in [5, 5.41) is 16.8. The van der Waals surface area contributed by atoms with Crippen molar-refractivity contribution >= 4 is 46.5 Å². The topological polar surface area (TPSA) is 89.9 Å². The van der Waals surface area contributed by atoms with Gasteiger partial charge in [0.1, 0.15) is 12.5 Å². The van der Waals surface area contributed by atoms with Crippen molar-refractivity contribution in [3.63, 3.8) is 0 Å². The van der Waals surface area contributed by atoms with Crippen molar-refractivity contribution in [2.75, 3.05) is 20.4 Å². The van der Waals surface area contributed by atoms with Gasteiger partial charge in [-0.25, -0.2) is 4.84 Å². The summed E-state index contributed by atoms with van der Waals surface area (Å²) in [5.41, 5.74) is 0. The first-order valence-electron chi connectivity index (χ1n) is 9.90. The minimum atomic E-state index is -0.233. The largest absolute Gasteiger partial charge is 2.00 e. The predicted octanol–water partition coefficient (Wildman–Crippen LogP) is 0.0333. The number of amides is 1. The first-order valence-corrected chi connectivity index (χ1v) is 10.3. The van der Waals surface area contributed by atoms with Crippen LogP contribution in [-0.2, 0) is 9.59 Å². The Morgan fingerprint density at radius 3 is 1.62 bits per heavy atom. The molecule has 0 saturated heterocycles. The van der Waals surface area contributed by atoms with Gasteiger partial charge in [0.25, 0.3) is 0 Å². The number of nitrogens with one attached hydrogen (secondary N) is 1. The van der Waals surface area contributed by atoms with Gasteiger partial charge in [0.15, 0.2) is 0 Å². The van der Waals surface area contributed by atoms with Crippen LogP contribution in [0.1, 0.15) is 68.2 Å². The third-order valence-corrected chi connectivity index (χ3v) is 3.71. The van der Waals surface area contributed by atoms with Crippen molar-refractivity contribution in [3.8, 4) is 23.7 Å². The second-order valence-electron chi connectivity index (χ2n) is 6.62. The third kappa shape index (κ3) is 36.8. The summed E-state index contributed by atoms with van der Waals surface area (Å²) >= 11 is 5.04. The van der Waals surface area contributed by atoms with E-state index in [1.807, 2.05) is 27.2 Å². The molecule has 0 bridgehead atoms. The van der Waals surface area contributed by atoms with Crippen molar-refractivity contribution in [3.05, 3.63) is 6.42 Å². The third-order valence-electron chi connectivity index (χ3n) is 3.33. The Bertz CT molecular complexity index is 540. The average Bonchev–Trinajstić information content (AvgIpc) is 2.75. The molecule has 0 aromatic carbocycles. The molecule has 0 rings (SSSR count). The fraction of sp³-hybridized carbons (Fsp3) is 0.696. The van der Waals surface area contributed by atoms with Crippen LogP contribution in [0.3, 0.4) is 0 Å². The van der Waals surface area contributed by atoms with Crippen molar-refractivity contribution < 1.29 is 32.2 Å². The van der Waals surface area contributed by atoms with Gasteiger partial charge in [-0.3, -0.25) is 9.59 Å². The van der Waals surface area contributed by atoms with Crippen LogP contribution in [0, 0.1) is 41.9 Å². The number of aliphatic hydroxyl groups excluding tert-OH is 2. The number of ketones is 1. The summed E-state index contributed by atoms with van der Waals surface area (Å²) in [4.78, 5) is 25.5. The number of aliphatic hydroxyl groups is 2. The van der Waals surface area contributed by atoms with Crippen LogP contribution < -0.4 is 17.2 Å². The van der Waals surface area contributed by atoms with E-state index in [2.05, 4.69) is 28.5 Å². The number of rotatable bonds is 7. The molecule has 9 heteroatoms. The van der Waals surface area contributed by atoms with E-state index >= 15 is 0 Å². The smallest absolute Gasteiger partial charge is 1.00 e. The molecule has 0 saturated carbocycles. The maximum Gasteiger partial charge on any atom is 2.00 e. The fourth-order valence-electron chi connectivity index (χ4n) is 1.22. The second kappa shape index (κ2) is 35.1. The Hall–Kier alpha value is -0.514. The number of nitrogens with zero attached hydrogens (tertiary/aromatic N) is 1. The average molecular weight is 506 g/mol. The molecular weight excluding hydrogens is 463 g/mol. The first kappa shape index (κ1) is 45.1. The Morgan fingerprint density at radius 2 is 1.41 bits per heavy atom. The standard InChI is InChI=1S/C9H15NO2.C8H12O.C3H8ClNO.C3H7.ClH.Mg/c1-4-5-6-8(2)9(12)10(3)7-11;1-4-5-6-7(2)8(3)9;1-3(2-6)5-4;1-3-2;;/h8,11H,6-7H2,1-3H3;7H,6H2,1-3H3;3,5-6H,2H2,1H3;3H,1-2H3;1H;/q;;;-1;;+2/p-1. The number of halogens is 2. The minimum absolute atomic E-state index is 0. The zero-order valence-corrected chi connectivity index (χ0v) is 24.2. The zero-order chi connectivity index (χ0) is 24.5. The number of hydrogen-bond donors (Lipinski definition) is 3. The van der Waals surface area contributed by atoms with Crippen LogP contribution in [0.5, 0.6) is 0 Å². The van der Waals surface area contributed by atoms with Gasteiger partial charge in [0, 0.05) is 37.8 Å². The van der Waals surface area contributed by atoms with Crippen LogP contribution >= 0.6 is 11.8 Å². The van der Waals surface area contributed by atoms with E-state index in [1.54, 1.807) is 41.7 Å². The van der Waals surface area contributed by atoms with Crippen LogP contribution in [-0.4, -0.2) is 76.3 Å². The van der Waals surface area contributed by atoms with Crippen molar-refractivity contribution in [2.45, 2.75) is 74.3 Å². The first-order chi connectivity index (χ1) is 14.0. The fourth-order valence-corrected chi connectivity index (χ4v) is 1.29. The molecule has 0 aliphatic rings. The Labute approximate surface area is 224 Å². The maximum atomic E-state index is 11.3. The molecule has 0 fully saturated rings. The number of carbonyl (C=O) groups excluding carboxylic acids is 2. The van der Waals surface area contributed by atoms with Crippen molar-refractivity contribution in [2.24, 2.45) is 11.8 Å². The van der Waals surface area contributed by atoms with E-state index in [-0.39, 0.29) is 78.4 Å². The molecule has 0 aromatic heterocycles. The molecule has 0 spiro atoms. The summed E-state index contributed by atoms with van der Waals surface area (Å²) in [5.74, 6) is 11.3. The minimum Gasteiger partial charge on any atom is -1.00 e. The summed E-state index contributed by atoms with van der Waals surface area (Å²) in [6, 6.07) is 0.00617. The number of hydrogen-bond acceptors (Lipinski definition) is 5. The van der Waals surface area contributed by atoms with Gasteiger partial charge < -0.3 is 33.9 Å². The maximum absolute atomic E-state index is 11.3. The summed E-state index contributed by atoms with van der Waals surface area (Å²) in [6.45, 7) is 14.5. The summed E-state index contributed by atoms with van der Waals surface area (Å²) < 4.78 is 0. The Balaban J connectivity index is -0.0000000753. The number of carbonyl (C=O) groups is 2. The Kier molecular flexibility index (Phi) is 49.4. The van der Waals surface area contributed by atoms with Gasteiger partial charge >= 0.3 is 23.1 Å². The number of Topliss-reactive ketones (excluding diaryl/α,β-unsaturated/α-hetero) is 1. The van der Waals surface area contributed by atoms with Crippen LogP contribution in [0.25, 0.3) is 0 Å². The van der Waals surface area contributed by atoms with Crippen molar-refractivity contribution in [1.82, 2.24) is 9.74 Å². The quantitative estimate of drug-likeness (QED) is 0.149. The van der Waals surface area contributed by atoms with E-state index < -0.39 is 0 Å². The van der Waals surface area contributed by atoms with Crippen LogP contribution in [0.15, 0.2) is 0 Å². The van der Waals surface area contributed by atoms with Gasteiger partial charge in [0.05, 0.1) is 6.61 Å². The summed E-state index contributed by atoms with van der Waals surface area (Å²) in [7, 11) is 1.57. The van der Waals surface area contributed by atoms with Gasteiger partial charge in [-0.15, -0.1) is 23.7 Å². The van der Waals surface area contributed by atoms with E-state index in [0.29, 0.717) is 12.8 Å². The van der Waals surface area contributed by atoms with Crippen molar-refractivity contribution in [1.29, 1.82) is 0 Å². The van der Waals surface area contributed by atoms with Crippen LogP contribution in [0.4, 0.5) is 0 Å². The Morgan fingerprint density at radius 1 is 1.03 bits per heavy atom. The monoisotopic (exact) mass is 504 g/mol. The molecule has 3 atom stereocenters. The van der Waals surface area contributed by atoms with E-state index in [1.165, 1.54) is 4.90 Å². The van der Waals surface area contributed by atoms with Gasteiger partial charge in [-0.05, 0) is 39.5 Å².